The van der Waals surface area contributed by atoms with Gasteiger partial charge in [-0.2, -0.15) is 120 Å². The third-order valence-corrected chi connectivity index (χ3v) is 24.3. The molecule has 138 heavy (non-hydrogen) atoms. The Bertz CT molecular complexity index is 7240. The smallest absolute Gasteiger partial charge is 0.533 e. The van der Waals surface area contributed by atoms with Gasteiger partial charge in [0.25, 0.3) is 0 Å². The van der Waals surface area contributed by atoms with Crippen LogP contribution >= 0.6 is 0 Å². The molecule has 668 valence electrons. The van der Waals surface area contributed by atoms with Crippen LogP contribution in [0.4, 0.5) is 0 Å². The van der Waals surface area contributed by atoms with Crippen molar-refractivity contribution in [3.8, 4) is 44.5 Å². The zero-order valence-corrected chi connectivity index (χ0v) is 90.9. The first-order valence-electron chi connectivity index (χ1n) is 46.4. The Kier molecular flexibility index (Phi) is 44.0. The molecular weight excluding hydrogens is 1940 g/mol. The average molecular weight is 2060 g/mol. The van der Waals surface area contributed by atoms with Gasteiger partial charge in [0.15, 0.2) is 0 Å². The van der Waals surface area contributed by atoms with E-state index in [2.05, 4.69) is 490 Å². The van der Waals surface area contributed by atoms with E-state index in [-0.39, 0.29) is 69.3 Å². The van der Waals surface area contributed by atoms with Crippen LogP contribution in [0.15, 0.2) is 497 Å². The number of rotatable bonds is 10. The van der Waals surface area contributed by atoms with Crippen molar-refractivity contribution in [3.63, 3.8) is 0 Å². The summed E-state index contributed by atoms with van der Waals surface area (Å²) in [6.07, 6.45) is 8.87. The standard InChI is InChI=1S/2C21H17.2C20H15.C13H11.2C9H7.2C7H7Si.2C2H5.CH3Si.Hf.2Ti/c2*1-2-15-13-17-9-6-12-20(21(17)14-15)19-11-5-8-16-7-3-4-10-18(16)19;2*1-14-12-16-8-5-11-19(20(16)13-14)18-10-4-7-15-6-2-3-9-17(15)18;1-3-7-12(8-4-1)11-13-9-5-2-6-10-13;2*1-2-5-9-7-3-6-8(9)4-1;2*8-6-7-4-2-1-3-5-7;3*1-2;;;/h2*3-14H,2H2,1H3;2*2-13H,1H3;1-11H;2*1-7H;2*1-5H,8H2;2*1H2,2H3;1H,2H2;;;/q12*-1;3*+4. The Morgan fingerprint density at radius 1 is 0.246 bits per heavy atom. The van der Waals surface area contributed by atoms with Crippen molar-refractivity contribution in [2.45, 2.75) is 54.4 Å². The average Bonchev–Trinajstić information content (AvgIpc) is 1.60. The molecule has 0 saturated carbocycles. The minimum Gasteiger partial charge on any atom is -0.533 e. The Hall–Kier alpha value is -12.9. The van der Waals surface area contributed by atoms with E-state index in [1.807, 2.05) is 72.8 Å². The molecule has 0 fully saturated rings. The molecule has 0 aromatic heterocycles. The van der Waals surface area contributed by atoms with E-state index in [1.165, 1.54) is 207 Å². The van der Waals surface area contributed by atoms with E-state index in [0.29, 0.717) is 0 Å². The van der Waals surface area contributed by atoms with Crippen LogP contribution in [0.2, 0.25) is 0 Å². The van der Waals surface area contributed by atoms with Crippen molar-refractivity contribution < 1.29 is 69.3 Å². The van der Waals surface area contributed by atoms with E-state index < -0.39 is 0 Å². The maximum absolute atomic E-state index is 4.53. The molecule has 0 aliphatic rings. The van der Waals surface area contributed by atoms with Gasteiger partial charge in [0.2, 0.25) is 0 Å². The first-order chi connectivity index (χ1) is 66.6. The summed E-state index contributed by atoms with van der Waals surface area (Å²) in [6.45, 7) is 18.7. The molecule has 0 saturated heterocycles. The Morgan fingerprint density at radius 3 is 0.732 bits per heavy atom. The quantitative estimate of drug-likeness (QED) is 0.0946. The van der Waals surface area contributed by atoms with Crippen molar-refractivity contribution >= 4 is 155 Å². The fourth-order valence-corrected chi connectivity index (χ4v) is 17.6. The van der Waals surface area contributed by atoms with Crippen LogP contribution in [0.3, 0.4) is 0 Å². The fraction of sp³-hybridized carbons (Fsp3) is 0.0606. The van der Waals surface area contributed by atoms with Gasteiger partial charge in [0, 0.05) is 0 Å². The van der Waals surface area contributed by atoms with E-state index in [0.717, 1.165) is 12.8 Å². The minimum absolute atomic E-state index is 0. The predicted molar refractivity (Wildman–Crippen MR) is 607 cm³/mol. The molecule has 24 aromatic rings. The van der Waals surface area contributed by atoms with Crippen LogP contribution in [0.25, 0.3) is 152 Å². The summed E-state index contributed by atoms with van der Waals surface area (Å²) in [5.41, 5.74) is 27.0. The summed E-state index contributed by atoms with van der Waals surface area (Å²) < 4.78 is 0. The zero-order chi connectivity index (χ0) is 94.3. The molecular formula is C132H116HfSi3Ti2. The molecule has 0 spiro atoms. The number of benzene rings is 18. The number of fused-ring (bicyclic) bond motifs is 10. The molecule has 0 heterocycles. The first kappa shape index (κ1) is 107. The molecule has 6 heteroatoms. The zero-order valence-electron chi connectivity index (χ0n) is 79.9. The Balaban J connectivity index is 0.000000162. The van der Waals surface area contributed by atoms with Gasteiger partial charge >= 0.3 is 69.3 Å². The second-order valence-corrected chi connectivity index (χ2v) is 32.9. The molecule has 0 aliphatic carbocycles. The molecule has 0 N–H and O–H groups in total. The third kappa shape index (κ3) is 28.6. The molecule has 0 aliphatic heterocycles. The molecule has 0 radical (unpaired) electrons. The number of aryl methyl sites for hydroxylation is 4. The van der Waals surface area contributed by atoms with Gasteiger partial charge in [-0.3, -0.25) is 0 Å². The summed E-state index contributed by atoms with van der Waals surface area (Å²) in [6, 6.07) is 176. The van der Waals surface area contributed by atoms with Crippen LogP contribution in [0, 0.1) is 34.1 Å². The first-order valence-corrected chi connectivity index (χ1v) is 48.6. The second kappa shape index (κ2) is 56.7. The van der Waals surface area contributed by atoms with Gasteiger partial charge < -0.3 is 20.0 Å². The maximum Gasteiger partial charge on any atom is 4.00 e. The van der Waals surface area contributed by atoms with Crippen LogP contribution < -0.4 is 0 Å². The van der Waals surface area contributed by atoms with Crippen LogP contribution in [-0.2, 0) is 82.1 Å². The molecule has 0 amide bonds. The topological polar surface area (TPSA) is 0 Å². The van der Waals surface area contributed by atoms with Gasteiger partial charge in [-0.1, -0.05) is 324 Å². The predicted octanol–water partition coefficient (Wildman–Crippen LogP) is 33.0. The minimum atomic E-state index is 0. The molecule has 0 bridgehead atoms. The Morgan fingerprint density at radius 2 is 0.464 bits per heavy atom. The normalized spacial score (nSPS) is 10.0. The maximum atomic E-state index is 4.53. The van der Waals surface area contributed by atoms with Gasteiger partial charge in [-0.15, -0.1) is 264 Å². The molecule has 0 unspecified atom stereocenters. The van der Waals surface area contributed by atoms with Gasteiger partial charge in [0.05, 0.1) is 0 Å². The van der Waals surface area contributed by atoms with Crippen LogP contribution in [-0.4, -0.2) is 47.1 Å². The van der Waals surface area contributed by atoms with Crippen LogP contribution in [0.5, 0.6) is 0 Å². The van der Waals surface area contributed by atoms with Crippen molar-refractivity contribution in [1.29, 1.82) is 0 Å². The van der Waals surface area contributed by atoms with Crippen molar-refractivity contribution in [3.05, 3.63) is 562 Å². The SMILES string of the molecule is CCc1cc2c(-c3cccc4ccccc34)cccc2[cH-]1.CCc1cc2c(-c3cccc4ccccc34)cccc2[cH-]1.Cc1cc2c(-c3cccc4ccccc34)cccc2[cH-]1.Cc1cc2c(-c3cccc4ccccc34)cccc2[cH-]1.[CH-]=[SiH2].[CH2-]C.[CH2-]C.[Hf+4].[SiH2]=[C-]c1ccccc1.[SiH2]=[C-]c1ccccc1.[Ti+4].[Ti+4].c1ccc([CH-]c2ccccc2)cc1.c1ccc2[cH-]ccc2c1.c1ccc2[cH-]ccc2c1. The van der Waals surface area contributed by atoms with Crippen molar-refractivity contribution in [1.82, 2.24) is 0 Å². The third-order valence-electron chi connectivity index (χ3n) is 23.5. The van der Waals surface area contributed by atoms with E-state index in [9.17, 15) is 0 Å². The fourth-order valence-electron chi connectivity index (χ4n) is 17.1. The Labute approximate surface area is 876 Å². The molecule has 0 atom stereocenters. The summed E-state index contributed by atoms with van der Waals surface area (Å²) >= 11 is 0. The van der Waals surface area contributed by atoms with Crippen molar-refractivity contribution in [2.75, 3.05) is 0 Å². The second-order valence-electron chi connectivity index (χ2n) is 32.2. The van der Waals surface area contributed by atoms with E-state index in [4.69, 9.17) is 0 Å². The summed E-state index contributed by atoms with van der Waals surface area (Å²) in [5, 5.41) is 26.6. The number of hydrogen-bond acceptors (Lipinski definition) is 0. The summed E-state index contributed by atoms with van der Waals surface area (Å²) in [7, 11) is 4.83. The largest absolute Gasteiger partial charge is 4.00 e. The summed E-state index contributed by atoms with van der Waals surface area (Å²) in [4.78, 5) is 0. The molecule has 24 rings (SSSR count). The van der Waals surface area contributed by atoms with E-state index >= 15 is 0 Å². The van der Waals surface area contributed by atoms with E-state index in [1.54, 1.807) is 33.6 Å². The monoisotopic (exact) mass is 2060 g/mol. The molecule has 0 nitrogen and oxygen atoms in total. The van der Waals surface area contributed by atoms with Gasteiger partial charge in [-0.05, 0) is 78.2 Å². The number of hydrogen-bond donors (Lipinski definition) is 0. The van der Waals surface area contributed by atoms with Gasteiger partial charge in [0.1, 0.15) is 0 Å². The summed E-state index contributed by atoms with van der Waals surface area (Å²) in [5.74, 6) is 0. The molecule has 24 aromatic carbocycles. The van der Waals surface area contributed by atoms with Gasteiger partial charge in [-0.25, -0.2) is 9.85 Å². The van der Waals surface area contributed by atoms with Crippen LogP contribution in [0.1, 0.15) is 72.2 Å². The van der Waals surface area contributed by atoms with Crippen molar-refractivity contribution in [2.24, 2.45) is 0 Å².